The molecule has 0 N–H and O–H groups in total. The topological polar surface area (TPSA) is 63.7 Å². The molecule has 0 aromatic rings. The highest BCUT2D eigenvalue weighted by Crippen LogP contribution is 2.27. The van der Waals surface area contributed by atoms with Crippen LogP contribution in [0, 0.1) is 0 Å². The lowest BCUT2D eigenvalue weighted by Gasteiger charge is -2.23. The van der Waals surface area contributed by atoms with E-state index in [1.54, 1.807) is 6.92 Å². The largest absolute Gasteiger partial charge is 0.468 e. The Balaban J connectivity index is 2.94. The molecule has 1 saturated heterocycles. The minimum Gasteiger partial charge on any atom is -0.468 e. The fourth-order valence-corrected chi connectivity index (χ4v) is 3.29. The van der Waals surface area contributed by atoms with Crippen LogP contribution in [0.3, 0.4) is 0 Å². The molecule has 0 unspecified atom stereocenters. The molecule has 0 amide bonds. The maximum Gasteiger partial charge on any atom is 0.324 e. The Morgan fingerprint density at radius 2 is 2.00 bits per heavy atom. The van der Waals surface area contributed by atoms with E-state index in [2.05, 4.69) is 4.74 Å². The average molecular weight is 221 g/mol. The van der Waals surface area contributed by atoms with Crippen LogP contribution in [0.4, 0.5) is 0 Å². The summed E-state index contributed by atoms with van der Waals surface area (Å²) in [5.41, 5.74) is 0. The van der Waals surface area contributed by atoms with Gasteiger partial charge in [-0.2, -0.15) is 4.31 Å². The van der Waals surface area contributed by atoms with Gasteiger partial charge in [0.2, 0.25) is 10.0 Å². The zero-order valence-corrected chi connectivity index (χ0v) is 9.37. The van der Waals surface area contributed by atoms with Crippen molar-refractivity contribution in [2.24, 2.45) is 0 Å². The molecule has 6 heteroatoms. The summed E-state index contributed by atoms with van der Waals surface area (Å²) in [7, 11) is -2.05. The zero-order valence-electron chi connectivity index (χ0n) is 8.56. The molecule has 0 aliphatic carbocycles. The minimum absolute atomic E-state index is 0.117. The number of hydrogen-bond donors (Lipinski definition) is 0. The molecule has 2 atom stereocenters. The summed E-state index contributed by atoms with van der Waals surface area (Å²) in [4.78, 5) is 11.3. The van der Waals surface area contributed by atoms with Crippen molar-refractivity contribution in [2.45, 2.75) is 31.8 Å². The van der Waals surface area contributed by atoms with Gasteiger partial charge >= 0.3 is 5.97 Å². The number of carbonyl (C=O) groups excluding carboxylic acids is 1. The maximum atomic E-state index is 11.4. The Kier molecular flexibility index (Phi) is 3.16. The summed E-state index contributed by atoms with van der Waals surface area (Å²) in [6.07, 6.45) is 2.36. The van der Waals surface area contributed by atoms with Gasteiger partial charge < -0.3 is 4.74 Å². The molecule has 82 valence electrons. The smallest absolute Gasteiger partial charge is 0.324 e. The van der Waals surface area contributed by atoms with Gasteiger partial charge in [0, 0.05) is 6.04 Å². The normalized spacial score (nSPS) is 29.1. The standard InChI is InChI=1S/C8H15NO4S/c1-6-4-5-7(8(10)13-2)9(6)14(3,11)12/h6-7H,4-5H2,1-3H3/t6-,7-/m0/s1. The first-order chi connectivity index (χ1) is 6.38. The molecule has 1 heterocycles. The number of carbonyl (C=O) groups is 1. The zero-order chi connectivity index (χ0) is 10.9. The molecular formula is C8H15NO4S. The molecule has 0 bridgehead atoms. The van der Waals surface area contributed by atoms with Gasteiger partial charge in [0.25, 0.3) is 0 Å². The van der Waals surface area contributed by atoms with Crippen molar-refractivity contribution in [3.63, 3.8) is 0 Å². The van der Waals surface area contributed by atoms with Gasteiger partial charge in [0.05, 0.1) is 13.4 Å². The van der Waals surface area contributed by atoms with Gasteiger partial charge in [0.1, 0.15) is 6.04 Å². The lowest BCUT2D eigenvalue weighted by atomic mass is 10.2. The van der Waals surface area contributed by atoms with E-state index in [9.17, 15) is 13.2 Å². The summed E-state index contributed by atoms with van der Waals surface area (Å²) in [6, 6.07) is -0.751. The van der Waals surface area contributed by atoms with Crippen molar-refractivity contribution in [2.75, 3.05) is 13.4 Å². The fourth-order valence-electron chi connectivity index (χ4n) is 1.88. The van der Waals surface area contributed by atoms with Crippen LogP contribution in [0.15, 0.2) is 0 Å². The van der Waals surface area contributed by atoms with Crippen LogP contribution < -0.4 is 0 Å². The molecule has 0 spiro atoms. The number of nitrogens with zero attached hydrogens (tertiary/aromatic N) is 1. The van der Waals surface area contributed by atoms with Crippen LogP contribution in [0.5, 0.6) is 0 Å². The van der Waals surface area contributed by atoms with Crippen molar-refractivity contribution in [1.29, 1.82) is 0 Å². The van der Waals surface area contributed by atoms with Crippen LogP contribution in [0.2, 0.25) is 0 Å². The molecule has 14 heavy (non-hydrogen) atoms. The molecule has 0 radical (unpaired) electrons. The Hall–Kier alpha value is -0.620. The van der Waals surface area contributed by atoms with Crippen LogP contribution in [-0.2, 0) is 19.6 Å². The van der Waals surface area contributed by atoms with E-state index in [-0.39, 0.29) is 6.04 Å². The highest BCUT2D eigenvalue weighted by molar-refractivity contribution is 7.88. The summed E-state index contributed by atoms with van der Waals surface area (Å²) < 4.78 is 28.6. The highest BCUT2D eigenvalue weighted by atomic mass is 32.2. The van der Waals surface area contributed by atoms with Gasteiger partial charge in [-0.15, -0.1) is 0 Å². The van der Waals surface area contributed by atoms with Crippen molar-refractivity contribution in [3.05, 3.63) is 0 Å². The van der Waals surface area contributed by atoms with Gasteiger partial charge in [-0.05, 0) is 19.8 Å². The average Bonchev–Trinajstić information content (AvgIpc) is 2.44. The Bertz CT molecular complexity index is 324. The van der Waals surface area contributed by atoms with E-state index < -0.39 is 22.0 Å². The van der Waals surface area contributed by atoms with Gasteiger partial charge in [-0.3, -0.25) is 4.79 Å². The summed E-state index contributed by atoms with van der Waals surface area (Å²) in [5, 5.41) is 0. The molecule has 0 aromatic heterocycles. The lowest BCUT2D eigenvalue weighted by Crippen LogP contribution is -2.43. The van der Waals surface area contributed by atoms with E-state index in [0.29, 0.717) is 12.8 Å². The van der Waals surface area contributed by atoms with Gasteiger partial charge in [-0.1, -0.05) is 0 Å². The molecule has 5 nitrogen and oxygen atoms in total. The number of rotatable bonds is 2. The van der Waals surface area contributed by atoms with Crippen molar-refractivity contribution < 1.29 is 17.9 Å². The van der Waals surface area contributed by atoms with E-state index in [1.807, 2.05) is 0 Å². The monoisotopic (exact) mass is 221 g/mol. The molecule has 0 aromatic carbocycles. The molecular weight excluding hydrogens is 206 g/mol. The second kappa shape index (κ2) is 3.86. The van der Waals surface area contributed by atoms with E-state index in [0.717, 1.165) is 6.26 Å². The summed E-state index contributed by atoms with van der Waals surface area (Å²) in [6.45, 7) is 1.80. The molecule has 1 aliphatic heterocycles. The second-order valence-corrected chi connectivity index (χ2v) is 5.45. The third-order valence-electron chi connectivity index (χ3n) is 2.46. The van der Waals surface area contributed by atoms with E-state index >= 15 is 0 Å². The number of ether oxygens (including phenoxy) is 1. The predicted octanol–water partition coefficient (Wildman–Crippen LogP) is -0.0281. The molecule has 1 rings (SSSR count). The highest BCUT2D eigenvalue weighted by Gasteiger charge is 2.41. The Morgan fingerprint density at radius 1 is 1.43 bits per heavy atom. The Morgan fingerprint density at radius 3 is 2.43 bits per heavy atom. The summed E-state index contributed by atoms with van der Waals surface area (Å²) in [5.74, 6) is -0.472. The SMILES string of the molecule is COC(=O)[C@@H]1CC[C@H](C)N1S(C)(=O)=O. The number of sulfonamides is 1. The fraction of sp³-hybridized carbons (Fsp3) is 0.875. The maximum absolute atomic E-state index is 11.4. The van der Waals surface area contributed by atoms with Crippen LogP contribution in [0.1, 0.15) is 19.8 Å². The number of hydrogen-bond acceptors (Lipinski definition) is 4. The van der Waals surface area contributed by atoms with Crippen molar-refractivity contribution in [3.8, 4) is 0 Å². The van der Waals surface area contributed by atoms with Gasteiger partial charge in [0.15, 0.2) is 0 Å². The third-order valence-corrected chi connectivity index (χ3v) is 3.84. The molecule has 0 saturated carbocycles. The van der Waals surface area contributed by atoms with Crippen LogP contribution >= 0.6 is 0 Å². The molecule has 1 aliphatic rings. The van der Waals surface area contributed by atoms with Crippen molar-refractivity contribution in [1.82, 2.24) is 4.31 Å². The van der Waals surface area contributed by atoms with E-state index in [4.69, 9.17) is 0 Å². The van der Waals surface area contributed by atoms with Crippen LogP contribution in [-0.4, -0.2) is 44.1 Å². The third kappa shape index (κ3) is 2.06. The number of esters is 1. The predicted molar refractivity (Wildman–Crippen MR) is 51.2 cm³/mol. The van der Waals surface area contributed by atoms with E-state index in [1.165, 1.54) is 11.4 Å². The first kappa shape index (κ1) is 11.5. The second-order valence-electron chi connectivity index (χ2n) is 3.56. The quantitative estimate of drug-likeness (QED) is 0.614. The lowest BCUT2D eigenvalue weighted by molar-refractivity contribution is -0.144. The summed E-state index contributed by atoms with van der Waals surface area (Å²) >= 11 is 0. The van der Waals surface area contributed by atoms with Gasteiger partial charge in [-0.25, -0.2) is 8.42 Å². The minimum atomic E-state index is -3.32. The van der Waals surface area contributed by atoms with Crippen LogP contribution in [0.25, 0.3) is 0 Å². The first-order valence-corrected chi connectivity index (χ1v) is 6.29. The number of methoxy groups -OCH3 is 1. The molecule has 1 fully saturated rings. The Labute approximate surface area is 84.1 Å². The van der Waals surface area contributed by atoms with Crippen molar-refractivity contribution >= 4 is 16.0 Å². The first-order valence-electron chi connectivity index (χ1n) is 4.44.